The zero-order chi connectivity index (χ0) is 19.5. The van der Waals surface area contributed by atoms with E-state index in [1.807, 2.05) is 24.3 Å². The van der Waals surface area contributed by atoms with Crippen LogP contribution in [0, 0.1) is 0 Å². The van der Waals surface area contributed by atoms with E-state index in [1.165, 1.54) is 11.3 Å². The standard InChI is InChI=1S/C18H23N5O3S/c1-3-4-5-6-15(24)20-18-23-22-17(27-18)11-16(25)21-19-12-13-7-9-14(26-2)10-8-13/h7-10,12H,3-6,11H2,1-2H3,(H,21,25)(H,20,23,24)/b19-12-. The maximum Gasteiger partial charge on any atom is 0.247 e. The second-order valence-electron chi connectivity index (χ2n) is 5.75. The van der Waals surface area contributed by atoms with Crippen LogP contribution in [0.25, 0.3) is 0 Å². The van der Waals surface area contributed by atoms with Gasteiger partial charge in [-0.25, -0.2) is 5.43 Å². The molecule has 2 N–H and O–H groups in total. The molecule has 0 saturated heterocycles. The lowest BCUT2D eigenvalue weighted by molar-refractivity contribution is -0.120. The second-order valence-corrected chi connectivity index (χ2v) is 6.81. The molecule has 0 spiro atoms. The van der Waals surface area contributed by atoms with E-state index in [1.54, 1.807) is 13.3 Å². The van der Waals surface area contributed by atoms with Crippen LogP contribution in [0.15, 0.2) is 29.4 Å². The van der Waals surface area contributed by atoms with Gasteiger partial charge in [-0.3, -0.25) is 9.59 Å². The lowest BCUT2D eigenvalue weighted by Crippen LogP contribution is -2.19. The number of nitrogens with zero attached hydrogens (tertiary/aromatic N) is 3. The number of rotatable bonds is 10. The fourth-order valence-electron chi connectivity index (χ4n) is 2.14. The molecule has 1 heterocycles. The molecule has 0 unspecified atom stereocenters. The van der Waals surface area contributed by atoms with Crippen LogP contribution < -0.4 is 15.5 Å². The van der Waals surface area contributed by atoms with E-state index in [0.717, 1.165) is 30.6 Å². The highest BCUT2D eigenvalue weighted by Gasteiger charge is 2.11. The van der Waals surface area contributed by atoms with Gasteiger partial charge in [-0.1, -0.05) is 31.1 Å². The van der Waals surface area contributed by atoms with Crippen molar-refractivity contribution >= 4 is 34.5 Å². The summed E-state index contributed by atoms with van der Waals surface area (Å²) in [5.41, 5.74) is 3.28. The van der Waals surface area contributed by atoms with Gasteiger partial charge in [-0.05, 0) is 36.2 Å². The predicted molar refractivity (Wildman–Crippen MR) is 105 cm³/mol. The largest absolute Gasteiger partial charge is 0.497 e. The maximum absolute atomic E-state index is 11.9. The van der Waals surface area contributed by atoms with Crippen LogP contribution in [0.3, 0.4) is 0 Å². The number of carbonyl (C=O) groups excluding carboxylic acids is 2. The number of hydrogen-bond donors (Lipinski definition) is 2. The lowest BCUT2D eigenvalue weighted by atomic mass is 10.2. The minimum absolute atomic E-state index is 0.0450. The molecule has 144 valence electrons. The zero-order valence-corrected chi connectivity index (χ0v) is 16.2. The van der Waals surface area contributed by atoms with Crippen LogP contribution in [0.4, 0.5) is 5.13 Å². The van der Waals surface area contributed by atoms with E-state index < -0.39 is 0 Å². The van der Waals surface area contributed by atoms with Crippen molar-refractivity contribution in [1.82, 2.24) is 15.6 Å². The van der Waals surface area contributed by atoms with Crippen molar-refractivity contribution in [1.29, 1.82) is 0 Å². The van der Waals surface area contributed by atoms with E-state index in [4.69, 9.17) is 4.74 Å². The van der Waals surface area contributed by atoms with E-state index >= 15 is 0 Å². The number of benzene rings is 1. The van der Waals surface area contributed by atoms with E-state index in [-0.39, 0.29) is 18.2 Å². The Kier molecular flexibility index (Phi) is 8.37. The number of ether oxygens (including phenoxy) is 1. The number of amides is 2. The minimum atomic E-state index is -0.309. The molecule has 0 bridgehead atoms. The molecule has 0 fully saturated rings. The van der Waals surface area contributed by atoms with E-state index in [2.05, 4.69) is 33.0 Å². The summed E-state index contributed by atoms with van der Waals surface area (Å²) < 4.78 is 5.08. The molecule has 0 aliphatic rings. The van der Waals surface area contributed by atoms with Crippen molar-refractivity contribution in [3.63, 3.8) is 0 Å². The van der Waals surface area contributed by atoms with Crippen LogP contribution >= 0.6 is 11.3 Å². The summed E-state index contributed by atoms with van der Waals surface area (Å²) in [6, 6.07) is 7.27. The monoisotopic (exact) mass is 389 g/mol. The minimum Gasteiger partial charge on any atom is -0.497 e. The number of nitrogens with one attached hydrogen (secondary N) is 2. The van der Waals surface area contributed by atoms with Crippen molar-refractivity contribution in [2.45, 2.75) is 39.0 Å². The summed E-state index contributed by atoms with van der Waals surface area (Å²) in [6.45, 7) is 2.08. The molecule has 0 saturated carbocycles. The molecule has 0 radical (unpaired) electrons. The SMILES string of the molecule is CCCCCC(=O)Nc1nnc(CC(=O)N/N=C\c2ccc(OC)cc2)s1. The van der Waals surface area contributed by atoms with Crippen molar-refractivity contribution in [2.24, 2.45) is 5.10 Å². The summed E-state index contributed by atoms with van der Waals surface area (Å²) in [6.07, 6.45) is 4.98. The molecule has 2 amide bonds. The summed E-state index contributed by atoms with van der Waals surface area (Å²) in [5, 5.41) is 15.3. The van der Waals surface area contributed by atoms with Crippen LogP contribution in [-0.2, 0) is 16.0 Å². The maximum atomic E-state index is 11.9. The molecule has 0 aliphatic heterocycles. The van der Waals surface area contributed by atoms with Gasteiger partial charge in [0, 0.05) is 6.42 Å². The highest BCUT2D eigenvalue weighted by atomic mass is 32.1. The van der Waals surface area contributed by atoms with Crippen molar-refractivity contribution in [3.05, 3.63) is 34.8 Å². The Labute approximate surface area is 162 Å². The van der Waals surface area contributed by atoms with Gasteiger partial charge in [-0.15, -0.1) is 10.2 Å². The summed E-state index contributed by atoms with van der Waals surface area (Å²) >= 11 is 1.18. The lowest BCUT2D eigenvalue weighted by Gasteiger charge is -2.00. The Morgan fingerprint density at radius 3 is 2.67 bits per heavy atom. The Balaban J connectivity index is 1.76. The summed E-state index contributed by atoms with van der Waals surface area (Å²) in [4.78, 5) is 23.7. The van der Waals surface area contributed by atoms with Gasteiger partial charge in [-0.2, -0.15) is 5.10 Å². The molecule has 27 heavy (non-hydrogen) atoms. The number of unbranched alkanes of at least 4 members (excludes halogenated alkanes) is 2. The Hall–Kier alpha value is -2.81. The molecule has 2 rings (SSSR count). The fourth-order valence-corrected chi connectivity index (χ4v) is 2.89. The third-order valence-electron chi connectivity index (χ3n) is 3.55. The fraction of sp³-hybridized carbons (Fsp3) is 0.389. The molecule has 0 atom stereocenters. The molecule has 8 nitrogen and oxygen atoms in total. The topological polar surface area (TPSA) is 106 Å². The third kappa shape index (κ3) is 7.53. The first-order valence-corrected chi connectivity index (χ1v) is 9.50. The number of aromatic nitrogens is 2. The Morgan fingerprint density at radius 1 is 1.19 bits per heavy atom. The van der Waals surface area contributed by atoms with Gasteiger partial charge in [0.1, 0.15) is 10.8 Å². The molecule has 9 heteroatoms. The quantitative estimate of drug-likeness (QED) is 0.369. The molecule has 1 aromatic carbocycles. The van der Waals surface area contributed by atoms with Crippen LogP contribution in [0.5, 0.6) is 5.75 Å². The van der Waals surface area contributed by atoms with Gasteiger partial charge < -0.3 is 10.1 Å². The first-order valence-electron chi connectivity index (χ1n) is 8.69. The van der Waals surface area contributed by atoms with Gasteiger partial charge in [0.2, 0.25) is 16.9 Å². The highest BCUT2D eigenvalue weighted by molar-refractivity contribution is 7.15. The summed E-state index contributed by atoms with van der Waals surface area (Å²) in [5.74, 6) is 0.358. The van der Waals surface area contributed by atoms with Crippen LogP contribution in [-0.4, -0.2) is 35.3 Å². The highest BCUT2D eigenvalue weighted by Crippen LogP contribution is 2.16. The van der Waals surface area contributed by atoms with E-state index in [9.17, 15) is 9.59 Å². The number of methoxy groups -OCH3 is 1. The molecule has 1 aromatic heterocycles. The third-order valence-corrected chi connectivity index (χ3v) is 4.39. The number of carbonyl (C=O) groups is 2. The molecule has 0 aliphatic carbocycles. The predicted octanol–water partition coefficient (Wildman–Crippen LogP) is 2.76. The molecule has 2 aromatic rings. The normalized spacial score (nSPS) is 10.7. The Bertz CT molecular complexity index is 774. The number of anilines is 1. The van der Waals surface area contributed by atoms with Crippen LogP contribution in [0.1, 0.15) is 43.2 Å². The first kappa shape index (κ1) is 20.5. The van der Waals surface area contributed by atoms with Gasteiger partial charge in [0.25, 0.3) is 0 Å². The second kappa shape index (κ2) is 11.0. The van der Waals surface area contributed by atoms with Crippen molar-refractivity contribution in [2.75, 3.05) is 12.4 Å². The number of hydrogen-bond acceptors (Lipinski definition) is 7. The first-order chi connectivity index (χ1) is 13.1. The average molecular weight is 389 g/mol. The van der Waals surface area contributed by atoms with Crippen LogP contribution in [0.2, 0.25) is 0 Å². The average Bonchev–Trinajstić information content (AvgIpc) is 3.09. The zero-order valence-electron chi connectivity index (χ0n) is 15.4. The van der Waals surface area contributed by atoms with Gasteiger partial charge >= 0.3 is 0 Å². The van der Waals surface area contributed by atoms with E-state index in [0.29, 0.717) is 16.6 Å². The number of hydrazone groups is 1. The van der Waals surface area contributed by atoms with Crippen molar-refractivity contribution in [3.8, 4) is 5.75 Å². The molecular formula is C18H23N5O3S. The molecular weight excluding hydrogens is 366 g/mol. The summed E-state index contributed by atoms with van der Waals surface area (Å²) in [7, 11) is 1.60. The smallest absolute Gasteiger partial charge is 0.247 e. The Morgan fingerprint density at radius 2 is 1.96 bits per heavy atom. The van der Waals surface area contributed by atoms with Gasteiger partial charge in [0.15, 0.2) is 0 Å². The van der Waals surface area contributed by atoms with Gasteiger partial charge in [0.05, 0.1) is 19.7 Å². The van der Waals surface area contributed by atoms with Crippen molar-refractivity contribution < 1.29 is 14.3 Å².